The largest absolute Gasteiger partial charge is 0.378 e. The lowest BCUT2D eigenvalue weighted by Crippen LogP contribution is -2.14. The fourth-order valence-electron chi connectivity index (χ4n) is 2.07. The number of nitrogens with one attached hydrogen (secondary N) is 1. The lowest BCUT2D eigenvalue weighted by molar-refractivity contribution is 0.143. The van der Waals surface area contributed by atoms with Gasteiger partial charge in [0.25, 0.3) is 0 Å². The average Bonchev–Trinajstić information content (AvgIpc) is 2.90. The smallest absolute Gasteiger partial charge is 0.220 e. The summed E-state index contributed by atoms with van der Waals surface area (Å²) in [6, 6.07) is 1.81. The minimum absolute atomic E-state index is 0.148. The Morgan fingerprint density at radius 2 is 2.09 bits per heavy atom. The van der Waals surface area contributed by atoms with Gasteiger partial charge in [0, 0.05) is 17.1 Å². The second-order valence-electron chi connectivity index (χ2n) is 5.55. The van der Waals surface area contributed by atoms with Gasteiger partial charge in [-0.15, -0.1) is 0 Å². The molecular weight excluding hydrogens is 314 g/mol. The van der Waals surface area contributed by atoms with Crippen LogP contribution in [0.4, 0.5) is 5.95 Å². The molecule has 0 radical (unpaired) electrons. The molecule has 4 N–H and O–H groups in total. The molecule has 0 fully saturated rings. The summed E-state index contributed by atoms with van der Waals surface area (Å²) in [7, 11) is 0. The Morgan fingerprint density at radius 3 is 2.83 bits per heavy atom. The topological polar surface area (TPSA) is 101 Å². The zero-order valence-corrected chi connectivity index (χ0v) is 13.3. The minimum atomic E-state index is -1.08. The number of halogens is 1. The van der Waals surface area contributed by atoms with E-state index in [-0.39, 0.29) is 5.95 Å². The number of aromatic amines is 1. The summed E-state index contributed by atoms with van der Waals surface area (Å²) in [6.45, 7) is 3.23. The van der Waals surface area contributed by atoms with Crippen molar-refractivity contribution in [2.75, 3.05) is 5.73 Å². The predicted octanol–water partition coefficient (Wildman–Crippen LogP) is 2.38. The highest BCUT2D eigenvalue weighted by Gasteiger charge is 2.13. The van der Waals surface area contributed by atoms with Gasteiger partial charge in [-0.1, -0.05) is 17.5 Å². The maximum atomic E-state index is 9.70. The summed E-state index contributed by atoms with van der Waals surface area (Å²) in [5.41, 5.74) is 7.25. The highest BCUT2D eigenvalue weighted by atomic mass is 35.5. The van der Waals surface area contributed by atoms with Crippen LogP contribution < -0.4 is 5.73 Å². The number of nitrogens with two attached hydrogens (primary N) is 1. The van der Waals surface area contributed by atoms with Crippen LogP contribution in [-0.2, 0) is 0 Å². The van der Waals surface area contributed by atoms with E-state index >= 15 is 0 Å². The third-order valence-electron chi connectivity index (χ3n) is 3.08. The molecular formula is C16H14ClN5O. The quantitative estimate of drug-likeness (QED) is 0.596. The van der Waals surface area contributed by atoms with Crippen molar-refractivity contribution in [2.24, 2.45) is 0 Å². The fraction of sp³-hybridized carbons (Fsp3) is 0.188. The molecule has 0 aromatic carbocycles. The maximum Gasteiger partial charge on any atom is 0.220 e. The first-order chi connectivity index (χ1) is 10.8. The molecule has 0 bridgehead atoms. The van der Waals surface area contributed by atoms with Crippen molar-refractivity contribution in [2.45, 2.75) is 19.4 Å². The van der Waals surface area contributed by atoms with E-state index in [2.05, 4.69) is 31.8 Å². The number of fused-ring (bicyclic) bond motifs is 1. The van der Waals surface area contributed by atoms with Crippen LogP contribution in [0.2, 0.25) is 5.02 Å². The number of hydrogen-bond acceptors (Lipinski definition) is 5. The van der Waals surface area contributed by atoms with Crippen molar-refractivity contribution in [1.29, 1.82) is 0 Å². The number of hydrogen-bond donors (Lipinski definition) is 3. The summed E-state index contributed by atoms with van der Waals surface area (Å²) in [5, 5.41) is 11.0. The van der Waals surface area contributed by atoms with E-state index in [4.69, 9.17) is 17.3 Å². The normalized spacial score (nSPS) is 11.3. The van der Waals surface area contributed by atoms with Gasteiger partial charge in [-0.05, 0) is 25.8 Å². The average molecular weight is 328 g/mol. The molecule has 0 aliphatic carbocycles. The number of aromatic nitrogens is 4. The van der Waals surface area contributed by atoms with E-state index in [1.807, 2.05) is 6.07 Å². The van der Waals surface area contributed by atoms with Crippen LogP contribution in [0, 0.1) is 11.8 Å². The maximum absolute atomic E-state index is 9.70. The Labute approximate surface area is 137 Å². The molecule has 3 heterocycles. The Bertz CT molecular complexity index is 946. The van der Waals surface area contributed by atoms with Crippen LogP contribution in [0.3, 0.4) is 0 Å². The standard InChI is InChI=1S/C16H14ClN5O/c1-16(2,23)4-3-9-5-10-11(6-20-13(10)8-19-9)14-12(17)7-21-15(18)22-14/h5-8,20,23H,1-2H3,(H2,18,21,22). The van der Waals surface area contributed by atoms with E-state index in [9.17, 15) is 5.11 Å². The number of pyridine rings is 1. The molecule has 116 valence electrons. The van der Waals surface area contributed by atoms with Crippen LogP contribution in [-0.4, -0.2) is 30.6 Å². The predicted molar refractivity (Wildman–Crippen MR) is 89.7 cm³/mol. The number of nitrogen functional groups attached to an aromatic ring is 1. The first kappa shape index (κ1) is 15.3. The van der Waals surface area contributed by atoms with E-state index in [1.165, 1.54) is 6.20 Å². The molecule has 0 spiro atoms. The first-order valence-corrected chi connectivity index (χ1v) is 7.22. The highest BCUT2D eigenvalue weighted by molar-refractivity contribution is 6.33. The molecule has 0 atom stereocenters. The van der Waals surface area contributed by atoms with Crippen LogP contribution in [0.5, 0.6) is 0 Å². The zero-order valence-electron chi connectivity index (χ0n) is 12.6. The van der Waals surface area contributed by atoms with Crippen molar-refractivity contribution in [3.8, 4) is 23.1 Å². The van der Waals surface area contributed by atoms with Crippen molar-refractivity contribution in [3.63, 3.8) is 0 Å². The molecule has 3 aromatic rings. The van der Waals surface area contributed by atoms with Crippen LogP contribution in [0.1, 0.15) is 19.5 Å². The fourth-order valence-corrected chi connectivity index (χ4v) is 2.26. The van der Waals surface area contributed by atoms with E-state index < -0.39 is 5.60 Å². The van der Waals surface area contributed by atoms with Gasteiger partial charge in [-0.3, -0.25) is 0 Å². The molecule has 0 unspecified atom stereocenters. The van der Waals surface area contributed by atoms with Gasteiger partial charge < -0.3 is 15.8 Å². The SMILES string of the molecule is CC(C)(O)C#Cc1cc2c(-c3nc(N)ncc3Cl)c[nH]c2cn1. The van der Waals surface area contributed by atoms with Gasteiger partial charge in [-0.25, -0.2) is 15.0 Å². The summed E-state index contributed by atoms with van der Waals surface area (Å²) >= 11 is 6.18. The van der Waals surface area contributed by atoms with Crippen LogP contribution in [0.25, 0.3) is 22.2 Å². The molecule has 0 amide bonds. The van der Waals surface area contributed by atoms with Gasteiger partial charge in [-0.2, -0.15) is 0 Å². The summed E-state index contributed by atoms with van der Waals surface area (Å²) in [4.78, 5) is 15.4. The molecule has 3 rings (SSSR count). The van der Waals surface area contributed by atoms with E-state index in [0.717, 1.165) is 16.5 Å². The van der Waals surface area contributed by atoms with Gasteiger partial charge in [0.1, 0.15) is 11.3 Å². The second-order valence-corrected chi connectivity index (χ2v) is 5.96. The zero-order chi connectivity index (χ0) is 16.6. The second kappa shape index (κ2) is 5.54. The monoisotopic (exact) mass is 327 g/mol. The van der Waals surface area contributed by atoms with Gasteiger partial charge in [0.15, 0.2) is 0 Å². The van der Waals surface area contributed by atoms with Gasteiger partial charge in [0.2, 0.25) is 5.95 Å². The lowest BCUT2D eigenvalue weighted by atomic mass is 10.1. The first-order valence-electron chi connectivity index (χ1n) is 6.84. The molecule has 0 saturated carbocycles. The number of aliphatic hydroxyl groups is 1. The number of anilines is 1. The molecule has 0 aliphatic heterocycles. The molecule has 3 aromatic heterocycles. The number of H-pyrrole nitrogens is 1. The minimum Gasteiger partial charge on any atom is -0.378 e. The molecule has 0 aliphatic rings. The van der Waals surface area contributed by atoms with Gasteiger partial charge in [0.05, 0.1) is 28.6 Å². The molecule has 23 heavy (non-hydrogen) atoms. The van der Waals surface area contributed by atoms with E-state index in [0.29, 0.717) is 16.4 Å². The summed E-state index contributed by atoms with van der Waals surface area (Å²) in [5.74, 6) is 5.74. The molecule has 0 saturated heterocycles. The Balaban J connectivity index is 2.15. The van der Waals surface area contributed by atoms with Crippen molar-refractivity contribution in [3.05, 3.63) is 35.4 Å². The third-order valence-corrected chi connectivity index (χ3v) is 3.36. The summed E-state index contributed by atoms with van der Waals surface area (Å²) < 4.78 is 0. The van der Waals surface area contributed by atoms with Crippen molar-refractivity contribution in [1.82, 2.24) is 19.9 Å². The Kier molecular flexibility index (Phi) is 3.68. The van der Waals surface area contributed by atoms with Gasteiger partial charge >= 0.3 is 0 Å². The molecule has 6 nitrogen and oxygen atoms in total. The van der Waals surface area contributed by atoms with Crippen LogP contribution >= 0.6 is 11.6 Å². The lowest BCUT2D eigenvalue weighted by Gasteiger charge is -2.06. The van der Waals surface area contributed by atoms with Crippen molar-refractivity contribution < 1.29 is 5.11 Å². The van der Waals surface area contributed by atoms with Crippen LogP contribution in [0.15, 0.2) is 24.7 Å². The number of nitrogens with zero attached hydrogens (tertiary/aromatic N) is 3. The Morgan fingerprint density at radius 1 is 1.30 bits per heavy atom. The number of rotatable bonds is 1. The third kappa shape index (κ3) is 3.26. The Hall–Kier alpha value is -2.62. The van der Waals surface area contributed by atoms with E-state index in [1.54, 1.807) is 26.2 Å². The summed E-state index contributed by atoms with van der Waals surface area (Å²) in [6.07, 6.45) is 4.92. The molecule has 7 heteroatoms. The highest BCUT2D eigenvalue weighted by Crippen LogP contribution is 2.32. The van der Waals surface area contributed by atoms with Crippen molar-refractivity contribution >= 4 is 28.5 Å².